The average molecular weight is 266 g/mol. The van der Waals surface area contributed by atoms with Crippen molar-refractivity contribution in [2.24, 2.45) is 0 Å². The summed E-state index contributed by atoms with van der Waals surface area (Å²) >= 11 is 0. The van der Waals surface area contributed by atoms with Gasteiger partial charge in [-0.2, -0.15) is 0 Å². The normalized spacial score (nSPS) is 16.6. The second-order valence-electron chi connectivity index (χ2n) is 3.97. The molecule has 1 atom stereocenters. The van der Waals surface area contributed by atoms with Crippen molar-refractivity contribution in [3.8, 4) is 11.5 Å². The molecule has 102 valence electrons. The molecule has 0 spiro atoms. The molecule has 0 fully saturated rings. The minimum atomic E-state index is -0.668. The molecule has 1 aliphatic rings. The van der Waals surface area contributed by atoms with Gasteiger partial charge in [0, 0.05) is 11.6 Å². The van der Waals surface area contributed by atoms with Crippen molar-refractivity contribution in [2.45, 2.75) is 12.5 Å². The summed E-state index contributed by atoms with van der Waals surface area (Å²) in [7, 11) is 4.25. The third kappa shape index (κ3) is 2.33. The van der Waals surface area contributed by atoms with Gasteiger partial charge in [0.05, 0.1) is 27.8 Å². The highest BCUT2D eigenvalue weighted by atomic mass is 16.6. The van der Waals surface area contributed by atoms with Gasteiger partial charge in [-0.05, 0) is 6.07 Å². The van der Waals surface area contributed by atoms with Crippen LogP contribution in [0.3, 0.4) is 0 Å². The maximum Gasteiger partial charge on any atom is 0.342 e. The van der Waals surface area contributed by atoms with Crippen LogP contribution in [0, 0.1) is 0 Å². The number of hydrogen-bond donors (Lipinski definition) is 0. The maximum atomic E-state index is 11.8. The molecular formula is C13H14O6. The lowest BCUT2D eigenvalue weighted by Crippen LogP contribution is -2.08. The van der Waals surface area contributed by atoms with Gasteiger partial charge in [0.1, 0.15) is 23.2 Å². The molecule has 0 aromatic heterocycles. The molecule has 0 aliphatic carbocycles. The molecule has 6 nitrogen and oxygen atoms in total. The van der Waals surface area contributed by atoms with E-state index in [2.05, 4.69) is 4.74 Å². The SMILES string of the molecule is COC(=O)C[C@@H]1OC(=O)c2c(OC)cc(OC)cc21. The quantitative estimate of drug-likeness (QED) is 0.769. The number of rotatable bonds is 4. The first-order chi connectivity index (χ1) is 9.10. The van der Waals surface area contributed by atoms with Crippen LogP contribution in [0.25, 0.3) is 0 Å². The van der Waals surface area contributed by atoms with Gasteiger partial charge in [-0.3, -0.25) is 4.79 Å². The Morgan fingerprint density at radius 1 is 1.26 bits per heavy atom. The lowest BCUT2D eigenvalue weighted by atomic mass is 10.0. The number of ether oxygens (including phenoxy) is 4. The Hall–Kier alpha value is -2.24. The zero-order valence-electron chi connectivity index (χ0n) is 10.9. The number of cyclic esters (lactones) is 1. The number of esters is 2. The van der Waals surface area contributed by atoms with Crippen LogP contribution >= 0.6 is 0 Å². The van der Waals surface area contributed by atoms with E-state index >= 15 is 0 Å². The van der Waals surface area contributed by atoms with Crippen LogP contribution in [0.15, 0.2) is 12.1 Å². The van der Waals surface area contributed by atoms with Crippen molar-refractivity contribution in [3.63, 3.8) is 0 Å². The van der Waals surface area contributed by atoms with Crippen LogP contribution < -0.4 is 9.47 Å². The topological polar surface area (TPSA) is 71.1 Å². The Morgan fingerprint density at radius 2 is 2.00 bits per heavy atom. The van der Waals surface area contributed by atoms with Crippen LogP contribution in [0.5, 0.6) is 11.5 Å². The molecule has 1 aliphatic heterocycles. The monoisotopic (exact) mass is 266 g/mol. The van der Waals surface area contributed by atoms with Crippen LogP contribution in [-0.4, -0.2) is 33.3 Å². The molecular weight excluding hydrogens is 252 g/mol. The van der Waals surface area contributed by atoms with Crippen molar-refractivity contribution in [1.82, 2.24) is 0 Å². The van der Waals surface area contributed by atoms with Gasteiger partial charge in [0.2, 0.25) is 0 Å². The maximum absolute atomic E-state index is 11.8. The fourth-order valence-corrected chi connectivity index (χ4v) is 2.00. The second-order valence-corrected chi connectivity index (χ2v) is 3.97. The number of carbonyl (C=O) groups excluding carboxylic acids is 2. The zero-order chi connectivity index (χ0) is 14.0. The van der Waals surface area contributed by atoms with Gasteiger partial charge >= 0.3 is 11.9 Å². The third-order valence-electron chi connectivity index (χ3n) is 2.94. The minimum absolute atomic E-state index is 0.0361. The number of carbonyl (C=O) groups is 2. The van der Waals surface area contributed by atoms with Crippen LogP contribution in [0.2, 0.25) is 0 Å². The summed E-state index contributed by atoms with van der Waals surface area (Å²) < 4.78 is 20.0. The fraction of sp³-hybridized carbons (Fsp3) is 0.385. The highest BCUT2D eigenvalue weighted by molar-refractivity contribution is 5.97. The van der Waals surface area contributed by atoms with Crippen LogP contribution in [0.1, 0.15) is 28.4 Å². The summed E-state index contributed by atoms with van der Waals surface area (Å²) in [6.07, 6.45) is -0.704. The molecule has 0 radical (unpaired) electrons. The molecule has 2 rings (SSSR count). The Labute approximate surface area is 110 Å². The first kappa shape index (κ1) is 13.2. The summed E-state index contributed by atoms with van der Waals surface area (Å²) in [5.74, 6) is -0.0636. The fourth-order valence-electron chi connectivity index (χ4n) is 2.00. The van der Waals surface area contributed by atoms with E-state index in [-0.39, 0.29) is 6.42 Å². The number of hydrogen-bond acceptors (Lipinski definition) is 6. The molecule has 6 heteroatoms. The summed E-state index contributed by atoms with van der Waals surface area (Å²) in [6.45, 7) is 0. The van der Waals surface area contributed by atoms with Crippen molar-refractivity contribution >= 4 is 11.9 Å². The average Bonchev–Trinajstić information content (AvgIpc) is 2.74. The predicted octanol–water partition coefficient (Wildman–Crippen LogP) is 1.48. The smallest absolute Gasteiger partial charge is 0.342 e. The molecule has 0 N–H and O–H groups in total. The Morgan fingerprint density at radius 3 is 2.58 bits per heavy atom. The molecule has 0 unspecified atom stereocenters. The largest absolute Gasteiger partial charge is 0.497 e. The lowest BCUT2D eigenvalue weighted by molar-refractivity contribution is -0.142. The van der Waals surface area contributed by atoms with Crippen molar-refractivity contribution < 1.29 is 28.5 Å². The highest BCUT2D eigenvalue weighted by Crippen LogP contribution is 2.41. The summed E-state index contributed by atoms with van der Waals surface area (Å²) in [4.78, 5) is 23.1. The van der Waals surface area contributed by atoms with Crippen molar-refractivity contribution in [2.75, 3.05) is 21.3 Å². The van der Waals surface area contributed by atoms with E-state index in [0.29, 0.717) is 22.6 Å². The molecule has 1 aromatic carbocycles. The number of fused-ring (bicyclic) bond motifs is 1. The molecule has 0 saturated heterocycles. The molecule has 1 heterocycles. The van der Waals surface area contributed by atoms with Crippen LogP contribution in [0.4, 0.5) is 0 Å². The van der Waals surface area contributed by atoms with Gasteiger partial charge < -0.3 is 18.9 Å². The molecule has 0 amide bonds. The van der Waals surface area contributed by atoms with E-state index in [4.69, 9.17) is 14.2 Å². The van der Waals surface area contributed by atoms with Gasteiger partial charge in [0.15, 0.2) is 0 Å². The first-order valence-corrected chi connectivity index (χ1v) is 5.64. The number of benzene rings is 1. The van der Waals surface area contributed by atoms with E-state index in [1.54, 1.807) is 12.1 Å². The van der Waals surface area contributed by atoms with Gasteiger partial charge in [-0.15, -0.1) is 0 Å². The highest BCUT2D eigenvalue weighted by Gasteiger charge is 2.36. The van der Waals surface area contributed by atoms with E-state index in [9.17, 15) is 9.59 Å². The van der Waals surface area contributed by atoms with Crippen molar-refractivity contribution in [3.05, 3.63) is 23.3 Å². The van der Waals surface area contributed by atoms with E-state index in [1.807, 2.05) is 0 Å². The van der Waals surface area contributed by atoms with Gasteiger partial charge in [-0.25, -0.2) is 4.79 Å². The predicted molar refractivity (Wildman–Crippen MR) is 64.3 cm³/mol. The Balaban J connectivity index is 2.44. The molecule has 1 aromatic rings. The number of methoxy groups -OCH3 is 3. The zero-order valence-corrected chi connectivity index (χ0v) is 10.9. The van der Waals surface area contributed by atoms with Gasteiger partial charge in [-0.1, -0.05) is 0 Å². The Kier molecular flexibility index (Phi) is 3.59. The molecule has 19 heavy (non-hydrogen) atoms. The summed E-state index contributed by atoms with van der Waals surface area (Å²) in [5.41, 5.74) is 0.906. The van der Waals surface area contributed by atoms with E-state index < -0.39 is 18.0 Å². The molecule has 0 saturated carbocycles. The van der Waals surface area contributed by atoms with E-state index in [1.165, 1.54) is 21.3 Å². The summed E-state index contributed by atoms with van der Waals surface area (Å²) in [6, 6.07) is 3.26. The van der Waals surface area contributed by atoms with Gasteiger partial charge in [0.25, 0.3) is 0 Å². The lowest BCUT2D eigenvalue weighted by Gasteiger charge is -2.11. The summed E-state index contributed by atoms with van der Waals surface area (Å²) in [5, 5.41) is 0. The molecule has 0 bridgehead atoms. The Bertz CT molecular complexity index is 522. The third-order valence-corrected chi connectivity index (χ3v) is 2.94. The van der Waals surface area contributed by atoms with Crippen LogP contribution in [-0.2, 0) is 14.3 Å². The second kappa shape index (κ2) is 5.17. The first-order valence-electron chi connectivity index (χ1n) is 5.64. The standard InChI is InChI=1S/C13H14O6/c1-16-7-4-8-9(6-11(14)18-3)19-13(15)12(8)10(5-7)17-2/h4-5,9H,6H2,1-3H3/t9-/m0/s1. The van der Waals surface area contributed by atoms with Crippen molar-refractivity contribution in [1.29, 1.82) is 0 Å². The van der Waals surface area contributed by atoms with E-state index in [0.717, 1.165) is 0 Å². The minimum Gasteiger partial charge on any atom is -0.497 e.